The third-order valence-corrected chi connectivity index (χ3v) is 5.23. The molecule has 1 saturated heterocycles. The first-order valence-electron chi connectivity index (χ1n) is 9.98. The quantitative estimate of drug-likeness (QED) is 0.666. The van der Waals surface area contributed by atoms with Crippen molar-refractivity contribution in [1.82, 2.24) is 30.4 Å². The third-order valence-electron chi connectivity index (χ3n) is 5.23. The van der Waals surface area contributed by atoms with Gasteiger partial charge >= 0.3 is 11.8 Å². The fourth-order valence-electron chi connectivity index (χ4n) is 3.46. The van der Waals surface area contributed by atoms with Crippen LogP contribution < -0.4 is 10.6 Å². The fraction of sp³-hybridized carbons (Fsp3) is 0.429. The van der Waals surface area contributed by atoms with Crippen molar-refractivity contribution in [2.75, 3.05) is 39.3 Å². The van der Waals surface area contributed by atoms with Gasteiger partial charge in [-0.3, -0.25) is 24.5 Å². The lowest BCUT2D eigenvalue weighted by Crippen LogP contribution is -2.50. The largest absolute Gasteiger partial charge is 0.346 e. The zero-order chi connectivity index (χ0) is 20.5. The van der Waals surface area contributed by atoms with E-state index in [0.717, 1.165) is 43.9 Å². The molecule has 1 fully saturated rings. The van der Waals surface area contributed by atoms with Crippen molar-refractivity contribution in [1.29, 1.82) is 0 Å². The van der Waals surface area contributed by atoms with Crippen LogP contribution in [0.3, 0.4) is 0 Å². The van der Waals surface area contributed by atoms with Gasteiger partial charge in [0, 0.05) is 64.1 Å². The Morgan fingerprint density at radius 2 is 1.72 bits per heavy atom. The van der Waals surface area contributed by atoms with E-state index in [2.05, 4.69) is 37.3 Å². The van der Waals surface area contributed by atoms with Crippen LogP contribution in [0.5, 0.6) is 0 Å². The van der Waals surface area contributed by atoms with E-state index in [1.165, 1.54) is 0 Å². The van der Waals surface area contributed by atoms with E-state index in [1.807, 2.05) is 18.3 Å². The van der Waals surface area contributed by atoms with E-state index < -0.39 is 11.8 Å². The smallest absolute Gasteiger partial charge is 0.309 e. The summed E-state index contributed by atoms with van der Waals surface area (Å²) in [5.74, 6) is -1.26. The second-order valence-corrected chi connectivity index (χ2v) is 7.02. The number of nitrogens with one attached hydrogen (secondary N) is 2. The number of carbonyl (C=O) groups excluding carboxylic acids is 2. The van der Waals surface area contributed by atoms with Gasteiger partial charge in [-0.15, -0.1) is 0 Å². The first-order chi connectivity index (χ1) is 14.2. The van der Waals surface area contributed by atoms with Gasteiger partial charge in [0.25, 0.3) is 0 Å². The monoisotopic (exact) mass is 396 g/mol. The summed E-state index contributed by atoms with van der Waals surface area (Å²) in [4.78, 5) is 37.4. The predicted octanol–water partition coefficient (Wildman–Crippen LogP) is 0.588. The van der Waals surface area contributed by atoms with Gasteiger partial charge in [-0.25, -0.2) is 0 Å². The highest BCUT2D eigenvalue weighted by Crippen LogP contribution is 2.21. The van der Waals surface area contributed by atoms with Crippen molar-refractivity contribution < 1.29 is 9.59 Å². The number of pyridine rings is 2. The van der Waals surface area contributed by atoms with Gasteiger partial charge in [0.15, 0.2) is 0 Å². The highest BCUT2D eigenvalue weighted by atomic mass is 16.2. The van der Waals surface area contributed by atoms with Crippen molar-refractivity contribution in [3.63, 3.8) is 0 Å². The van der Waals surface area contributed by atoms with Crippen molar-refractivity contribution in [3.8, 4) is 0 Å². The molecule has 0 aliphatic carbocycles. The summed E-state index contributed by atoms with van der Waals surface area (Å²) >= 11 is 0. The Kier molecular flexibility index (Phi) is 7.66. The van der Waals surface area contributed by atoms with E-state index in [-0.39, 0.29) is 6.04 Å². The molecule has 8 nitrogen and oxygen atoms in total. The zero-order valence-electron chi connectivity index (χ0n) is 16.8. The normalized spacial score (nSPS) is 16.2. The molecule has 154 valence electrons. The van der Waals surface area contributed by atoms with Gasteiger partial charge in [0.1, 0.15) is 0 Å². The molecule has 29 heavy (non-hydrogen) atoms. The molecule has 3 rings (SSSR count). The maximum absolute atomic E-state index is 12.3. The van der Waals surface area contributed by atoms with Gasteiger partial charge in [0.05, 0.1) is 6.04 Å². The molecule has 0 aromatic carbocycles. The lowest BCUT2D eigenvalue weighted by Gasteiger charge is -2.39. The summed E-state index contributed by atoms with van der Waals surface area (Å²) in [6.07, 6.45) is 6.86. The Morgan fingerprint density at radius 1 is 1.00 bits per heavy atom. The number of piperazine rings is 1. The molecule has 2 aromatic heterocycles. The van der Waals surface area contributed by atoms with Gasteiger partial charge in [0.2, 0.25) is 0 Å². The number of carbonyl (C=O) groups is 2. The summed E-state index contributed by atoms with van der Waals surface area (Å²) in [5.41, 5.74) is 1.93. The first kappa shape index (κ1) is 20.9. The molecule has 0 spiro atoms. The van der Waals surface area contributed by atoms with E-state index in [0.29, 0.717) is 13.1 Å². The Balaban J connectivity index is 1.56. The van der Waals surface area contributed by atoms with E-state index in [4.69, 9.17) is 0 Å². The molecule has 0 radical (unpaired) electrons. The lowest BCUT2D eigenvalue weighted by molar-refractivity contribution is -0.139. The van der Waals surface area contributed by atoms with Crippen LogP contribution in [0.4, 0.5) is 0 Å². The van der Waals surface area contributed by atoms with E-state index in [9.17, 15) is 9.59 Å². The standard InChI is InChI=1S/C21H28N6O2/c1-2-26-10-12-27(13-11-26)19(18-4-3-7-23-15-18)16-25-21(29)20(28)24-14-17-5-8-22-9-6-17/h3-9,15,19H,2,10-14,16H2,1H3,(H,24,28)(H,25,29)/t19-/m1/s1. The average molecular weight is 396 g/mol. The minimum atomic E-state index is -0.637. The SMILES string of the molecule is CCN1CCN([C@H](CNC(=O)C(=O)NCc2ccncc2)c2cccnc2)CC1. The van der Waals surface area contributed by atoms with Crippen molar-refractivity contribution in [3.05, 3.63) is 60.2 Å². The maximum Gasteiger partial charge on any atom is 0.309 e. The number of likely N-dealkylation sites (N-methyl/N-ethyl adjacent to an activating group) is 1. The van der Waals surface area contributed by atoms with E-state index in [1.54, 1.807) is 30.7 Å². The topological polar surface area (TPSA) is 90.5 Å². The first-order valence-corrected chi connectivity index (χ1v) is 9.98. The average Bonchev–Trinajstić information content (AvgIpc) is 2.79. The molecule has 1 aliphatic heterocycles. The maximum atomic E-state index is 12.3. The summed E-state index contributed by atoms with van der Waals surface area (Å²) in [6, 6.07) is 7.49. The van der Waals surface area contributed by atoms with E-state index >= 15 is 0 Å². The van der Waals surface area contributed by atoms with Crippen LogP contribution >= 0.6 is 0 Å². The van der Waals surface area contributed by atoms with Gasteiger partial charge in [-0.1, -0.05) is 13.0 Å². The number of amides is 2. The Labute approximate surface area is 171 Å². The predicted molar refractivity (Wildman–Crippen MR) is 110 cm³/mol. The Hall–Kier alpha value is -2.84. The molecule has 2 aromatic rings. The second kappa shape index (κ2) is 10.6. The number of hydrogen-bond donors (Lipinski definition) is 2. The summed E-state index contributed by atoms with van der Waals surface area (Å²) < 4.78 is 0. The highest BCUT2D eigenvalue weighted by Gasteiger charge is 2.26. The van der Waals surface area contributed by atoms with Crippen LogP contribution in [0.2, 0.25) is 0 Å². The van der Waals surface area contributed by atoms with Gasteiger partial charge in [-0.05, 0) is 35.9 Å². The van der Waals surface area contributed by atoms with Crippen molar-refractivity contribution >= 4 is 11.8 Å². The molecule has 0 unspecified atom stereocenters. The van der Waals surface area contributed by atoms with Crippen molar-refractivity contribution in [2.45, 2.75) is 19.5 Å². The van der Waals surface area contributed by atoms with Crippen LogP contribution in [-0.2, 0) is 16.1 Å². The van der Waals surface area contributed by atoms with Gasteiger partial charge in [-0.2, -0.15) is 0 Å². The van der Waals surface area contributed by atoms with Gasteiger partial charge < -0.3 is 15.5 Å². The molecule has 0 bridgehead atoms. The zero-order valence-corrected chi connectivity index (χ0v) is 16.8. The minimum Gasteiger partial charge on any atom is -0.346 e. The molecule has 2 N–H and O–H groups in total. The summed E-state index contributed by atoms with van der Waals surface area (Å²) in [7, 11) is 0. The lowest BCUT2D eigenvalue weighted by atomic mass is 10.1. The third kappa shape index (κ3) is 6.07. The summed E-state index contributed by atoms with van der Waals surface area (Å²) in [5, 5.41) is 5.44. The molecule has 2 amide bonds. The van der Waals surface area contributed by atoms with Crippen molar-refractivity contribution in [2.24, 2.45) is 0 Å². The van der Waals surface area contributed by atoms with Crippen LogP contribution in [0, 0.1) is 0 Å². The fourth-order valence-corrected chi connectivity index (χ4v) is 3.46. The van der Waals surface area contributed by atoms with Crippen LogP contribution in [0.1, 0.15) is 24.1 Å². The summed E-state index contributed by atoms with van der Waals surface area (Å²) in [6.45, 7) is 7.67. The van der Waals surface area contributed by atoms with Crippen LogP contribution in [-0.4, -0.2) is 70.9 Å². The Morgan fingerprint density at radius 3 is 2.38 bits per heavy atom. The number of aromatic nitrogens is 2. The molecule has 0 saturated carbocycles. The molecular weight excluding hydrogens is 368 g/mol. The Bertz CT molecular complexity index is 778. The number of hydrogen-bond acceptors (Lipinski definition) is 6. The number of rotatable bonds is 7. The molecule has 8 heteroatoms. The number of nitrogens with zero attached hydrogens (tertiary/aromatic N) is 4. The van der Waals surface area contributed by atoms with Crippen LogP contribution in [0.25, 0.3) is 0 Å². The molecule has 1 atom stereocenters. The molecule has 1 aliphatic rings. The molecular formula is C21H28N6O2. The highest BCUT2D eigenvalue weighted by molar-refractivity contribution is 6.35. The van der Waals surface area contributed by atoms with Crippen LogP contribution in [0.15, 0.2) is 49.1 Å². The molecule has 3 heterocycles. The second-order valence-electron chi connectivity index (χ2n) is 7.02. The minimum absolute atomic E-state index is 0.0142.